The summed E-state index contributed by atoms with van der Waals surface area (Å²) in [6.45, 7) is 2.37. The zero-order valence-electron chi connectivity index (χ0n) is 13.7. The lowest BCUT2D eigenvalue weighted by Crippen LogP contribution is -2.24. The molecule has 1 amide bonds. The second kappa shape index (κ2) is 7.20. The molecule has 25 heavy (non-hydrogen) atoms. The molecule has 3 N–H and O–H groups in total. The number of aromatic nitrogens is 1. The normalized spacial score (nSPS) is 14.5. The van der Waals surface area contributed by atoms with Gasteiger partial charge in [-0.15, -0.1) is 0 Å². The molecular formula is C17H20N4O3S. The number of carbonyl (C=O) groups excluding carboxylic acids is 1. The highest BCUT2D eigenvalue weighted by atomic mass is 32.2. The molecule has 0 bridgehead atoms. The van der Waals surface area contributed by atoms with Crippen molar-refractivity contribution in [1.82, 2.24) is 10.3 Å². The summed E-state index contributed by atoms with van der Waals surface area (Å²) in [5.41, 5.74) is 1.12. The average molecular weight is 360 g/mol. The van der Waals surface area contributed by atoms with E-state index in [1.165, 1.54) is 31.0 Å². The van der Waals surface area contributed by atoms with E-state index in [0.29, 0.717) is 6.54 Å². The van der Waals surface area contributed by atoms with Crippen LogP contribution >= 0.6 is 0 Å². The van der Waals surface area contributed by atoms with E-state index in [1.807, 2.05) is 12.1 Å². The number of rotatable bonds is 5. The zero-order valence-corrected chi connectivity index (χ0v) is 14.5. The Hall–Kier alpha value is -2.45. The van der Waals surface area contributed by atoms with E-state index in [0.717, 1.165) is 24.5 Å². The van der Waals surface area contributed by atoms with Crippen LogP contribution in [0.5, 0.6) is 0 Å². The summed E-state index contributed by atoms with van der Waals surface area (Å²) in [7, 11) is -3.83. The van der Waals surface area contributed by atoms with E-state index in [9.17, 15) is 13.2 Å². The third-order valence-electron chi connectivity index (χ3n) is 4.12. The second-order valence-corrected chi connectivity index (χ2v) is 7.54. The second-order valence-electron chi connectivity index (χ2n) is 5.97. The highest BCUT2D eigenvalue weighted by Gasteiger charge is 2.14. The number of nitrogens with zero attached hydrogens (tertiary/aromatic N) is 2. The summed E-state index contributed by atoms with van der Waals surface area (Å²) in [6, 6.07) is 9.53. The van der Waals surface area contributed by atoms with Crippen LogP contribution in [0.2, 0.25) is 0 Å². The maximum Gasteiger partial charge on any atom is 0.251 e. The Bertz CT molecular complexity index is 860. The van der Waals surface area contributed by atoms with Crippen molar-refractivity contribution in [1.29, 1.82) is 0 Å². The van der Waals surface area contributed by atoms with Gasteiger partial charge in [0.2, 0.25) is 10.0 Å². The topological polar surface area (TPSA) is 105 Å². The van der Waals surface area contributed by atoms with Gasteiger partial charge in [-0.05, 0) is 42.7 Å². The minimum atomic E-state index is -3.83. The number of nitrogens with one attached hydrogen (secondary N) is 1. The standard InChI is InChI=1S/C17H20N4O3S/c18-25(23,24)15-5-3-4-14(10-15)17(22)20-12-13-6-7-16(19-11-13)21-8-1-2-9-21/h3-7,10-11H,1-2,8-9,12H2,(H,20,22)(H2,18,23,24). The summed E-state index contributed by atoms with van der Waals surface area (Å²) in [6.07, 6.45) is 4.13. The van der Waals surface area contributed by atoms with E-state index in [4.69, 9.17) is 5.14 Å². The summed E-state index contributed by atoms with van der Waals surface area (Å²) in [5.74, 6) is 0.586. The van der Waals surface area contributed by atoms with Crippen molar-refractivity contribution in [3.8, 4) is 0 Å². The molecule has 0 saturated carbocycles. The van der Waals surface area contributed by atoms with Crippen molar-refractivity contribution in [3.05, 3.63) is 53.7 Å². The Kier molecular flexibility index (Phi) is 5.00. The first kappa shape index (κ1) is 17.4. The third kappa shape index (κ3) is 4.34. The number of hydrogen-bond acceptors (Lipinski definition) is 5. The molecule has 2 heterocycles. The minimum absolute atomic E-state index is 0.0863. The van der Waals surface area contributed by atoms with Crippen LogP contribution < -0.4 is 15.4 Å². The Morgan fingerprint density at radius 1 is 1.20 bits per heavy atom. The summed E-state index contributed by atoms with van der Waals surface area (Å²) in [4.78, 5) is 18.8. The molecular weight excluding hydrogens is 340 g/mol. The van der Waals surface area contributed by atoms with Crippen LogP contribution in [0, 0.1) is 0 Å². The minimum Gasteiger partial charge on any atom is -0.357 e. The lowest BCUT2D eigenvalue weighted by molar-refractivity contribution is 0.0950. The Balaban J connectivity index is 1.62. The van der Waals surface area contributed by atoms with Gasteiger partial charge in [0.05, 0.1) is 4.90 Å². The fourth-order valence-corrected chi connectivity index (χ4v) is 3.31. The maximum atomic E-state index is 12.2. The third-order valence-corrected chi connectivity index (χ3v) is 5.03. The molecule has 1 saturated heterocycles. The van der Waals surface area contributed by atoms with Gasteiger partial charge in [0, 0.05) is 31.4 Å². The number of nitrogens with two attached hydrogens (primary N) is 1. The molecule has 1 aromatic carbocycles. The fourth-order valence-electron chi connectivity index (χ4n) is 2.75. The molecule has 0 aliphatic carbocycles. The Morgan fingerprint density at radius 2 is 1.96 bits per heavy atom. The van der Waals surface area contributed by atoms with Crippen molar-refractivity contribution >= 4 is 21.7 Å². The molecule has 132 valence electrons. The molecule has 1 aliphatic heterocycles. The molecule has 0 spiro atoms. The highest BCUT2D eigenvalue weighted by molar-refractivity contribution is 7.89. The van der Waals surface area contributed by atoms with Crippen LogP contribution in [0.25, 0.3) is 0 Å². The van der Waals surface area contributed by atoms with E-state index in [2.05, 4.69) is 15.2 Å². The lowest BCUT2D eigenvalue weighted by atomic mass is 10.2. The van der Waals surface area contributed by atoms with E-state index in [1.54, 1.807) is 12.3 Å². The molecule has 7 nitrogen and oxygen atoms in total. The largest absolute Gasteiger partial charge is 0.357 e. The van der Waals surface area contributed by atoms with Gasteiger partial charge in [-0.1, -0.05) is 12.1 Å². The molecule has 2 aromatic rings. The molecule has 0 unspecified atom stereocenters. The number of amides is 1. The number of primary sulfonamides is 1. The van der Waals surface area contributed by atoms with Gasteiger partial charge >= 0.3 is 0 Å². The molecule has 1 fully saturated rings. The Labute approximate surface area is 146 Å². The highest BCUT2D eigenvalue weighted by Crippen LogP contribution is 2.17. The number of hydrogen-bond donors (Lipinski definition) is 2. The molecule has 0 radical (unpaired) electrons. The van der Waals surface area contributed by atoms with Gasteiger partial charge in [0.25, 0.3) is 5.91 Å². The van der Waals surface area contributed by atoms with Gasteiger partial charge in [-0.2, -0.15) is 0 Å². The smallest absolute Gasteiger partial charge is 0.251 e. The van der Waals surface area contributed by atoms with Crippen LogP contribution in [0.1, 0.15) is 28.8 Å². The molecule has 1 aromatic heterocycles. The first-order chi connectivity index (χ1) is 11.9. The van der Waals surface area contributed by atoms with E-state index >= 15 is 0 Å². The monoisotopic (exact) mass is 360 g/mol. The predicted octanol–water partition coefficient (Wildman–Crippen LogP) is 1.26. The SMILES string of the molecule is NS(=O)(=O)c1cccc(C(=O)NCc2ccc(N3CCCC3)nc2)c1. The van der Waals surface area contributed by atoms with Crippen molar-refractivity contribution in [2.75, 3.05) is 18.0 Å². The van der Waals surface area contributed by atoms with Gasteiger partial charge in [0.1, 0.15) is 5.82 Å². The number of anilines is 1. The maximum absolute atomic E-state index is 12.2. The van der Waals surface area contributed by atoms with Gasteiger partial charge < -0.3 is 10.2 Å². The van der Waals surface area contributed by atoms with Gasteiger partial charge in [0.15, 0.2) is 0 Å². The summed E-state index contributed by atoms with van der Waals surface area (Å²) in [5, 5.41) is 7.84. The van der Waals surface area contributed by atoms with Crippen molar-refractivity contribution in [3.63, 3.8) is 0 Å². The predicted molar refractivity (Wildman–Crippen MR) is 94.7 cm³/mol. The number of sulfonamides is 1. The molecule has 1 aliphatic rings. The van der Waals surface area contributed by atoms with Gasteiger partial charge in [-0.3, -0.25) is 4.79 Å². The van der Waals surface area contributed by atoms with Crippen LogP contribution in [-0.4, -0.2) is 32.4 Å². The van der Waals surface area contributed by atoms with Crippen molar-refractivity contribution in [2.24, 2.45) is 5.14 Å². The summed E-state index contributed by atoms with van der Waals surface area (Å²) < 4.78 is 22.7. The van der Waals surface area contributed by atoms with Crippen LogP contribution in [0.15, 0.2) is 47.5 Å². The quantitative estimate of drug-likeness (QED) is 0.835. The lowest BCUT2D eigenvalue weighted by Gasteiger charge is -2.16. The molecule has 8 heteroatoms. The molecule has 0 atom stereocenters. The molecule has 3 rings (SSSR count). The number of pyridine rings is 1. The van der Waals surface area contributed by atoms with Crippen molar-refractivity contribution < 1.29 is 13.2 Å². The van der Waals surface area contributed by atoms with Crippen LogP contribution in [-0.2, 0) is 16.6 Å². The van der Waals surface area contributed by atoms with Crippen LogP contribution in [0.4, 0.5) is 5.82 Å². The zero-order chi connectivity index (χ0) is 17.9. The number of carbonyl (C=O) groups is 1. The first-order valence-electron chi connectivity index (χ1n) is 8.04. The average Bonchev–Trinajstić information content (AvgIpc) is 3.14. The van der Waals surface area contributed by atoms with E-state index < -0.39 is 10.0 Å². The number of benzene rings is 1. The van der Waals surface area contributed by atoms with E-state index in [-0.39, 0.29) is 16.4 Å². The Morgan fingerprint density at radius 3 is 2.60 bits per heavy atom. The van der Waals surface area contributed by atoms with Gasteiger partial charge in [-0.25, -0.2) is 18.5 Å². The fraction of sp³-hybridized carbons (Fsp3) is 0.294. The first-order valence-corrected chi connectivity index (χ1v) is 9.59. The summed E-state index contributed by atoms with van der Waals surface area (Å²) >= 11 is 0. The van der Waals surface area contributed by atoms with Crippen molar-refractivity contribution in [2.45, 2.75) is 24.3 Å². The van der Waals surface area contributed by atoms with Crippen LogP contribution in [0.3, 0.4) is 0 Å².